The Morgan fingerprint density at radius 3 is 2.86 bits per heavy atom. The highest BCUT2D eigenvalue weighted by molar-refractivity contribution is 7.98. The first-order chi connectivity index (χ1) is 14.2. The zero-order valence-corrected chi connectivity index (χ0v) is 17.2. The molecule has 2 aromatic rings. The molecule has 0 bridgehead atoms. The SMILES string of the molecule is CSc1nc(C2CC2)cc(C(=O)NCc2ccnc(N3CCOCC3)c2)c1C#N. The van der Waals surface area contributed by atoms with Gasteiger partial charge in [-0.2, -0.15) is 5.26 Å². The molecule has 1 saturated carbocycles. The number of nitriles is 1. The van der Waals surface area contributed by atoms with Gasteiger partial charge < -0.3 is 15.0 Å². The highest BCUT2D eigenvalue weighted by Gasteiger charge is 2.28. The number of ether oxygens (including phenoxy) is 1. The summed E-state index contributed by atoms with van der Waals surface area (Å²) >= 11 is 1.41. The Morgan fingerprint density at radius 1 is 1.38 bits per heavy atom. The van der Waals surface area contributed by atoms with Crippen LogP contribution < -0.4 is 10.2 Å². The van der Waals surface area contributed by atoms with Gasteiger partial charge in [-0.1, -0.05) is 0 Å². The third-order valence-electron chi connectivity index (χ3n) is 5.15. The lowest BCUT2D eigenvalue weighted by Crippen LogP contribution is -2.36. The molecule has 1 amide bonds. The molecule has 0 unspecified atom stereocenters. The molecule has 8 heteroatoms. The normalized spacial score (nSPS) is 16.3. The van der Waals surface area contributed by atoms with Crippen molar-refractivity contribution in [2.45, 2.75) is 30.3 Å². The number of anilines is 1. The molecule has 150 valence electrons. The maximum absolute atomic E-state index is 12.9. The number of thioether (sulfide) groups is 1. The van der Waals surface area contributed by atoms with Crippen LogP contribution in [-0.4, -0.2) is 48.4 Å². The molecule has 0 atom stereocenters. The molecule has 7 nitrogen and oxygen atoms in total. The summed E-state index contributed by atoms with van der Waals surface area (Å²) in [5, 5.41) is 13.2. The zero-order chi connectivity index (χ0) is 20.2. The lowest BCUT2D eigenvalue weighted by molar-refractivity contribution is 0.0950. The minimum absolute atomic E-state index is 0.245. The molecule has 1 saturated heterocycles. The molecule has 1 aliphatic heterocycles. The first kappa shape index (κ1) is 19.7. The molecule has 2 fully saturated rings. The molecule has 0 aromatic carbocycles. The van der Waals surface area contributed by atoms with Gasteiger partial charge in [0.1, 0.15) is 16.9 Å². The minimum Gasteiger partial charge on any atom is -0.378 e. The topological polar surface area (TPSA) is 91.1 Å². The number of hydrogen-bond donors (Lipinski definition) is 1. The molecule has 4 rings (SSSR count). The van der Waals surface area contributed by atoms with E-state index in [0.717, 1.165) is 43.0 Å². The third kappa shape index (κ3) is 4.52. The number of carbonyl (C=O) groups is 1. The van der Waals surface area contributed by atoms with Gasteiger partial charge in [-0.05, 0) is 42.9 Å². The molecule has 0 radical (unpaired) electrons. The van der Waals surface area contributed by atoms with Crippen LogP contribution in [0.4, 0.5) is 5.82 Å². The summed E-state index contributed by atoms with van der Waals surface area (Å²) in [6.07, 6.45) is 5.83. The number of amides is 1. The van der Waals surface area contributed by atoms with Crippen LogP contribution in [0.3, 0.4) is 0 Å². The number of carbonyl (C=O) groups excluding carboxylic acids is 1. The summed E-state index contributed by atoms with van der Waals surface area (Å²) in [5.41, 5.74) is 2.64. The Balaban J connectivity index is 1.50. The Morgan fingerprint density at radius 2 is 2.17 bits per heavy atom. The van der Waals surface area contributed by atoms with E-state index in [0.29, 0.717) is 41.8 Å². The van der Waals surface area contributed by atoms with Crippen LogP contribution in [0.2, 0.25) is 0 Å². The Bertz CT molecular complexity index is 949. The van der Waals surface area contributed by atoms with Gasteiger partial charge in [0.25, 0.3) is 5.91 Å². The van der Waals surface area contributed by atoms with Crippen LogP contribution >= 0.6 is 11.8 Å². The van der Waals surface area contributed by atoms with Crippen molar-refractivity contribution in [3.63, 3.8) is 0 Å². The zero-order valence-electron chi connectivity index (χ0n) is 16.4. The van der Waals surface area contributed by atoms with E-state index in [-0.39, 0.29) is 5.91 Å². The summed E-state index contributed by atoms with van der Waals surface area (Å²) < 4.78 is 5.39. The maximum Gasteiger partial charge on any atom is 0.253 e. The second kappa shape index (κ2) is 8.80. The van der Waals surface area contributed by atoms with Gasteiger partial charge in [0.2, 0.25) is 0 Å². The second-order valence-electron chi connectivity index (χ2n) is 7.17. The standard InChI is InChI=1S/C21H23N5O2S/c1-29-21-17(12-22)16(11-18(25-21)15-2-3-15)20(27)24-13-14-4-5-23-19(10-14)26-6-8-28-9-7-26/h4-5,10-11,15H,2-3,6-9,13H2,1H3,(H,24,27). The summed E-state index contributed by atoms with van der Waals surface area (Å²) in [5.74, 6) is 1.06. The van der Waals surface area contributed by atoms with Crippen LogP contribution in [0.5, 0.6) is 0 Å². The van der Waals surface area contributed by atoms with E-state index in [1.54, 1.807) is 12.3 Å². The van der Waals surface area contributed by atoms with E-state index in [9.17, 15) is 10.1 Å². The van der Waals surface area contributed by atoms with Gasteiger partial charge in [-0.3, -0.25) is 4.79 Å². The molecule has 2 aliphatic rings. The minimum atomic E-state index is -0.245. The molecular formula is C21H23N5O2S. The first-order valence-electron chi connectivity index (χ1n) is 9.74. The summed E-state index contributed by atoms with van der Waals surface area (Å²) in [6, 6.07) is 7.84. The van der Waals surface area contributed by atoms with Gasteiger partial charge in [0.05, 0.1) is 24.3 Å². The van der Waals surface area contributed by atoms with Gasteiger partial charge >= 0.3 is 0 Å². The Labute approximate surface area is 174 Å². The van der Waals surface area contributed by atoms with Crippen molar-refractivity contribution in [3.05, 3.63) is 46.8 Å². The third-order valence-corrected chi connectivity index (χ3v) is 5.83. The number of hydrogen-bond acceptors (Lipinski definition) is 7. The van der Waals surface area contributed by atoms with E-state index in [1.165, 1.54) is 11.8 Å². The van der Waals surface area contributed by atoms with Crippen molar-refractivity contribution in [1.82, 2.24) is 15.3 Å². The van der Waals surface area contributed by atoms with E-state index in [4.69, 9.17) is 4.74 Å². The predicted molar refractivity (Wildman–Crippen MR) is 111 cm³/mol. The summed E-state index contributed by atoms with van der Waals surface area (Å²) in [7, 11) is 0. The lowest BCUT2D eigenvalue weighted by Gasteiger charge is -2.28. The number of nitrogens with one attached hydrogen (secondary N) is 1. The van der Waals surface area contributed by atoms with Crippen molar-refractivity contribution in [1.29, 1.82) is 5.26 Å². The van der Waals surface area contributed by atoms with Crippen molar-refractivity contribution >= 4 is 23.5 Å². The summed E-state index contributed by atoms with van der Waals surface area (Å²) in [6.45, 7) is 3.39. The fourth-order valence-electron chi connectivity index (χ4n) is 3.38. The maximum atomic E-state index is 12.9. The van der Waals surface area contributed by atoms with Crippen molar-refractivity contribution in [2.75, 3.05) is 37.5 Å². The van der Waals surface area contributed by atoms with Gasteiger partial charge in [0.15, 0.2) is 0 Å². The molecule has 3 heterocycles. The fourth-order valence-corrected chi connectivity index (χ4v) is 3.93. The van der Waals surface area contributed by atoms with E-state index < -0.39 is 0 Å². The van der Waals surface area contributed by atoms with Crippen LogP contribution in [0.1, 0.15) is 45.9 Å². The van der Waals surface area contributed by atoms with Crippen LogP contribution in [0.25, 0.3) is 0 Å². The smallest absolute Gasteiger partial charge is 0.253 e. The Hall–Kier alpha value is -2.63. The fraction of sp³-hybridized carbons (Fsp3) is 0.429. The monoisotopic (exact) mass is 409 g/mol. The van der Waals surface area contributed by atoms with E-state index in [2.05, 4.69) is 26.3 Å². The average molecular weight is 410 g/mol. The number of morpholine rings is 1. The lowest BCUT2D eigenvalue weighted by atomic mass is 10.1. The van der Waals surface area contributed by atoms with Gasteiger partial charge in [-0.15, -0.1) is 11.8 Å². The van der Waals surface area contributed by atoms with Gasteiger partial charge in [0, 0.05) is 37.4 Å². The molecule has 1 N–H and O–H groups in total. The first-order valence-corrected chi connectivity index (χ1v) is 11.0. The number of nitrogens with zero attached hydrogens (tertiary/aromatic N) is 4. The molecule has 0 spiro atoms. The van der Waals surface area contributed by atoms with Crippen molar-refractivity contribution in [2.24, 2.45) is 0 Å². The molecule has 1 aliphatic carbocycles. The highest BCUT2D eigenvalue weighted by Crippen LogP contribution is 2.40. The molecular weight excluding hydrogens is 386 g/mol. The summed E-state index contributed by atoms with van der Waals surface area (Å²) in [4.78, 5) is 24.1. The number of aromatic nitrogens is 2. The number of rotatable bonds is 6. The van der Waals surface area contributed by atoms with Crippen LogP contribution in [-0.2, 0) is 11.3 Å². The highest BCUT2D eigenvalue weighted by atomic mass is 32.2. The van der Waals surface area contributed by atoms with Gasteiger partial charge in [-0.25, -0.2) is 9.97 Å². The van der Waals surface area contributed by atoms with Crippen molar-refractivity contribution in [3.8, 4) is 6.07 Å². The average Bonchev–Trinajstić information content (AvgIpc) is 3.63. The quantitative estimate of drug-likeness (QED) is 0.734. The molecule has 29 heavy (non-hydrogen) atoms. The van der Waals surface area contributed by atoms with E-state index in [1.807, 2.05) is 18.4 Å². The number of pyridine rings is 2. The largest absolute Gasteiger partial charge is 0.378 e. The second-order valence-corrected chi connectivity index (χ2v) is 7.96. The Kier molecular flexibility index (Phi) is 5.97. The molecule has 2 aromatic heterocycles. The van der Waals surface area contributed by atoms with E-state index >= 15 is 0 Å². The van der Waals surface area contributed by atoms with Crippen LogP contribution in [0, 0.1) is 11.3 Å². The van der Waals surface area contributed by atoms with Crippen molar-refractivity contribution < 1.29 is 9.53 Å². The van der Waals surface area contributed by atoms with Crippen LogP contribution in [0.15, 0.2) is 29.4 Å². The predicted octanol–water partition coefficient (Wildman–Crippen LogP) is 2.71.